The molecule has 4 rings (SSSR count). The predicted octanol–water partition coefficient (Wildman–Crippen LogP) is 3.48. The van der Waals surface area contributed by atoms with Gasteiger partial charge in [0, 0.05) is 47.0 Å². The van der Waals surface area contributed by atoms with E-state index in [0.29, 0.717) is 11.6 Å². The zero-order valence-corrected chi connectivity index (χ0v) is 15.7. The Hall–Kier alpha value is -2.54. The van der Waals surface area contributed by atoms with Crippen LogP contribution in [-0.2, 0) is 13.0 Å². The molecule has 2 heterocycles. The number of benzene rings is 2. The van der Waals surface area contributed by atoms with Crippen molar-refractivity contribution in [1.82, 2.24) is 15.1 Å². The maximum Gasteiger partial charge on any atom is 0.184 e. The molecule has 0 saturated carbocycles. The number of aromatic amines is 1. The quantitative estimate of drug-likeness (QED) is 0.587. The lowest BCUT2D eigenvalue weighted by molar-refractivity contribution is 0.0164. The average molecular weight is 385 g/mol. The summed E-state index contributed by atoms with van der Waals surface area (Å²) in [6, 6.07) is 15.2. The number of rotatable bonds is 5. The first-order chi connectivity index (χ1) is 13.1. The molecule has 6 nitrogen and oxygen atoms in total. The summed E-state index contributed by atoms with van der Waals surface area (Å²) in [7, 11) is 1.65. The first-order valence-electron chi connectivity index (χ1n) is 8.79. The highest BCUT2D eigenvalue weighted by molar-refractivity contribution is 6.30. The van der Waals surface area contributed by atoms with Gasteiger partial charge in [-0.1, -0.05) is 29.8 Å². The Morgan fingerprint density at radius 3 is 2.93 bits per heavy atom. The van der Waals surface area contributed by atoms with Crippen molar-refractivity contribution in [2.45, 2.75) is 19.3 Å². The summed E-state index contributed by atoms with van der Waals surface area (Å²) in [4.78, 5) is 1.97. The van der Waals surface area contributed by atoms with E-state index in [0.717, 1.165) is 46.9 Å². The van der Waals surface area contributed by atoms with Gasteiger partial charge in [0.05, 0.1) is 12.8 Å². The number of ether oxygens (including phenoxy) is 1. The first-order valence-corrected chi connectivity index (χ1v) is 9.16. The fourth-order valence-electron chi connectivity index (χ4n) is 3.35. The topological polar surface area (TPSA) is 73.4 Å². The number of methoxy groups -OCH3 is 1. The first kappa shape index (κ1) is 17.9. The molecule has 0 spiro atoms. The molecule has 3 aromatic rings. The molecule has 140 valence electrons. The standard InChI is InChI=1S/C20H21ClN4O2/c1-27-16-7-2-4-13(10-16)19-17-12-25(9-8-18(17)23-24-19)20(26)22-15-6-3-5-14(21)11-15/h2-7,10-11,20,22,26H,8-9,12H2,1H3,(H,23,24). The van der Waals surface area contributed by atoms with Crippen LogP contribution >= 0.6 is 11.6 Å². The van der Waals surface area contributed by atoms with Crippen LogP contribution in [-0.4, -0.2) is 40.2 Å². The normalized spacial score (nSPS) is 15.2. The summed E-state index contributed by atoms with van der Waals surface area (Å²) in [6.07, 6.45) is -0.0229. The molecule has 0 bridgehead atoms. The van der Waals surface area contributed by atoms with Crippen molar-refractivity contribution in [2.75, 3.05) is 19.0 Å². The van der Waals surface area contributed by atoms with Gasteiger partial charge >= 0.3 is 0 Å². The number of aliphatic hydroxyl groups excluding tert-OH is 1. The van der Waals surface area contributed by atoms with E-state index in [1.165, 1.54) is 0 Å². The Labute approximate surface area is 162 Å². The number of aromatic nitrogens is 2. The van der Waals surface area contributed by atoms with Crippen LogP contribution in [0.25, 0.3) is 11.3 Å². The number of fused-ring (bicyclic) bond motifs is 1. The van der Waals surface area contributed by atoms with Gasteiger partial charge in [-0.2, -0.15) is 5.10 Å². The van der Waals surface area contributed by atoms with Crippen LogP contribution in [0.5, 0.6) is 5.75 Å². The van der Waals surface area contributed by atoms with E-state index in [4.69, 9.17) is 16.3 Å². The SMILES string of the molecule is COc1cccc(-c2n[nH]c3c2CN(C(O)Nc2cccc(Cl)c2)CC3)c1. The number of H-pyrrole nitrogens is 1. The second-order valence-electron chi connectivity index (χ2n) is 6.51. The lowest BCUT2D eigenvalue weighted by atomic mass is 10.0. The Morgan fingerprint density at radius 1 is 1.26 bits per heavy atom. The van der Waals surface area contributed by atoms with Crippen LogP contribution in [0.15, 0.2) is 48.5 Å². The second-order valence-corrected chi connectivity index (χ2v) is 6.95. The van der Waals surface area contributed by atoms with Crippen LogP contribution in [0.2, 0.25) is 5.02 Å². The molecule has 0 amide bonds. The number of nitrogens with one attached hydrogen (secondary N) is 2. The largest absolute Gasteiger partial charge is 0.497 e. The molecular weight excluding hydrogens is 364 g/mol. The van der Waals surface area contributed by atoms with E-state index < -0.39 is 6.35 Å². The van der Waals surface area contributed by atoms with Gasteiger partial charge in [0.15, 0.2) is 6.35 Å². The third kappa shape index (κ3) is 3.78. The lowest BCUT2D eigenvalue weighted by Gasteiger charge is -2.32. The molecule has 3 N–H and O–H groups in total. The molecule has 1 unspecified atom stereocenters. The molecule has 0 fully saturated rings. The highest BCUT2D eigenvalue weighted by Gasteiger charge is 2.26. The zero-order valence-electron chi connectivity index (χ0n) is 14.9. The van der Waals surface area contributed by atoms with E-state index in [1.807, 2.05) is 41.3 Å². The zero-order chi connectivity index (χ0) is 18.8. The third-order valence-corrected chi connectivity index (χ3v) is 5.01. The van der Waals surface area contributed by atoms with Crippen LogP contribution in [0.1, 0.15) is 11.3 Å². The molecule has 1 aliphatic heterocycles. The molecule has 27 heavy (non-hydrogen) atoms. The summed E-state index contributed by atoms with van der Waals surface area (Å²) in [5.74, 6) is 0.791. The van der Waals surface area contributed by atoms with Crippen molar-refractivity contribution in [3.63, 3.8) is 0 Å². The van der Waals surface area contributed by atoms with Crippen molar-refractivity contribution in [3.8, 4) is 17.0 Å². The van der Waals surface area contributed by atoms with Crippen molar-refractivity contribution in [1.29, 1.82) is 0 Å². The minimum atomic E-state index is -0.815. The van der Waals surface area contributed by atoms with E-state index in [1.54, 1.807) is 19.2 Å². The van der Waals surface area contributed by atoms with Gasteiger partial charge in [0.2, 0.25) is 0 Å². The summed E-state index contributed by atoms with van der Waals surface area (Å²) in [5, 5.41) is 22.0. The van der Waals surface area contributed by atoms with Gasteiger partial charge in [-0.05, 0) is 30.3 Å². The van der Waals surface area contributed by atoms with Gasteiger partial charge in [-0.15, -0.1) is 0 Å². The van der Waals surface area contributed by atoms with Crippen LogP contribution in [0, 0.1) is 0 Å². The molecule has 7 heteroatoms. The highest BCUT2D eigenvalue weighted by Crippen LogP contribution is 2.31. The third-order valence-electron chi connectivity index (χ3n) is 4.77. The Balaban J connectivity index is 1.54. The van der Waals surface area contributed by atoms with E-state index in [9.17, 15) is 5.11 Å². The fraction of sp³-hybridized carbons (Fsp3) is 0.250. The molecule has 2 aromatic carbocycles. The molecule has 0 radical (unpaired) electrons. The van der Waals surface area contributed by atoms with E-state index in [2.05, 4.69) is 15.5 Å². The second kappa shape index (κ2) is 7.60. The highest BCUT2D eigenvalue weighted by atomic mass is 35.5. The number of hydrogen-bond acceptors (Lipinski definition) is 5. The van der Waals surface area contributed by atoms with Crippen LogP contribution < -0.4 is 10.1 Å². The summed E-state index contributed by atoms with van der Waals surface area (Å²) in [6.45, 7) is 1.31. The lowest BCUT2D eigenvalue weighted by Crippen LogP contribution is -2.43. The number of anilines is 1. The Kier molecular flexibility index (Phi) is 5.03. The molecule has 1 atom stereocenters. The number of hydrogen-bond donors (Lipinski definition) is 3. The summed E-state index contributed by atoms with van der Waals surface area (Å²) in [5.41, 5.74) is 4.87. The maximum atomic E-state index is 10.6. The van der Waals surface area contributed by atoms with Gasteiger partial charge in [0.25, 0.3) is 0 Å². The average Bonchev–Trinajstić information content (AvgIpc) is 3.11. The monoisotopic (exact) mass is 384 g/mol. The Morgan fingerprint density at radius 2 is 2.11 bits per heavy atom. The van der Waals surface area contributed by atoms with Crippen molar-refractivity contribution in [3.05, 3.63) is 64.8 Å². The van der Waals surface area contributed by atoms with Crippen molar-refractivity contribution in [2.24, 2.45) is 0 Å². The van der Waals surface area contributed by atoms with Crippen LogP contribution in [0.3, 0.4) is 0 Å². The minimum absolute atomic E-state index is 0.590. The predicted molar refractivity (Wildman–Crippen MR) is 106 cm³/mol. The Bertz CT molecular complexity index is 943. The summed E-state index contributed by atoms with van der Waals surface area (Å²) < 4.78 is 5.32. The molecule has 1 aliphatic rings. The fourth-order valence-corrected chi connectivity index (χ4v) is 3.54. The van der Waals surface area contributed by atoms with Gasteiger partial charge < -0.3 is 15.2 Å². The summed E-state index contributed by atoms with van der Waals surface area (Å²) >= 11 is 6.02. The van der Waals surface area contributed by atoms with Gasteiger partial charge in [-0.3, -0.25) is 10.00 Å². The van der Waals surface area contributed by atoms with Crippen LogP contribution in [0.4, 0.5) is 5.69 Å². The number of aliphatic hydroxyl groups is 1. The molecule has 1 aromatic heterocycles. The van der Waals surface area contributed by atoms with E-state index >= 15 is 0 Å². The van der Waals surface area contributed by atoms with E-state index in [-0.39, 0.29) is 0 Å². The number of halogens is 1. The molecular formula is C20H21ClN4O2. The minimum Gasteiger partial charge on any atom is -0.497 e. The van der Waals surface area contributed by atoms with Crippen molar-refractivity contribution >= 4 is 17.3 Å². The molecule has 0 saturated heterocycles. The number of nitrogens with zero attached hydrogens (tertiary/aromatic N) is 2. The maximum absolute atomic E-state index is 10.6. The molecule has 0 aliphatic carbocycles. The van der Waals surface area contributed by atoms with Crippen molar-refractivity contribution < 1.29 is 9.84 Å². The van der Waals surface area contributed by atoms with Gasteiger partial charge in [0.1, 0.15) is 5.75 Å². The smallest absolute Gasteiger partial charge is 0.184 e. The van der Waals surface area contributed by atoms with Gasteiger partial charge in [-0.25, -0.2) is 0 Å².